The fraction of sp³-hybridized carbons (Fsp3) is 0.406. The number of carbonyl (C=O) groups is 1. The van der Waals surface area contributed by atoms with Crippen molar-refractivity contribution in [2.45, 2.75) is 48.8 Å². The van der Waals surface area contributed by atoms with E-state index >= 15 is 0 Å². The van der Waals surface area contributed by atoms with Crippen LogP contribution in [0.5, 0.6) is 0 Å². The van der Waals surface area contributed by atoms with Crippen molar-refractivity contribution in [1.82, 2.24) is 10.2 Å². The predicted molar refractivity (Wildman–Crippen MR) is 161 cm³/mol. The van der Waals surface area contributed by atoms with Crippen LogP contribution in [0.3, 0.4) is 0 Å². The van der Waals surface area contributed by atoms with Gasteiger partial charge in [0.05, 0.1) is 28.9 Å². The average molecular weight is 618 g/mol. The van der Waals surface area contributed by atoms with Crippen LogP contribution in [0.2, 0.25) is 0 Å². The molecule has 0 saturated carbocycles. The number of nitrogens with one attached hydrogen (secondary N) is 1. The van der Waals surface area contributed by atoms with Crippen molar-refractivity contribution >= 4 is 21.4 Å². The Hall–Kier alpha value is -3.41. The summed E-state index contributed by atoms with van der Waals surface area (Å²) in [5.41, 5.74) is 2.09. The molecule has 1 heterocycles. The first-order valence-corrected chi connectivity index (χ1v) is 15.9. The maximum Gasteiger partial charge on any atom is 0.416 e. The van der Waals surface area contributed by atoms with Crippen molar-refractivity contribution in [1.29, 1.82) is 0 Å². The van der Waals surface area contributed by atoms with Crippen LogP contribution in [0.25, 0.3) is 0 Å². The summed E-state index contributed by atoms with van der Waals surface area (Å²) in [5, 5.41) is 12.8. The maximum absolute atomic E-state index is 13.1. The Bertz CT molecular complexity index is 1480. The van der Waals surface area contributed by atoms with Crippen LogP contribution in [0, 0.1) is 0 Å². The summed E-state index contributed by atoms with van der Waals surface area (Å²) < 4.78 is 63.4. The lowest BCUT2D eigenvalue weighted by Crippen LogP contribution is -2.47. The van der Waals surface area contributed by atoms with Gasteiger partial charge in [0.25, 0.3) is 5.91 Å². The van der Waals surface area contributed by atoms with E-state index in [0.29, 0.717) is 17.7 Å². The van der Waals surface area contributed by atoms with Gasteiger partial charge in [0, 0.05) is 36.3 Å². The normalized spacial score (nSPS) is 18.5. The number of piperidine rings is 1. The smallest absolute Gasteiger partial charge is 0.394 e. The quantitative estimate of drug-likeness (QED) is 0.322. The third-order valence-electron chi connectivity index (χ3n) is 7.96. The number of anilines is 1. The van der Waals surface area contributed by atoms with Gasteiger partial charge < -0.3 is 20.2 Å². The second-order valence-corrected chi connectivity index (χ2v) is 13.5. The van der Waals surface area contributed by atoms with E-state index in [9.17, 15) is 31.5 Å². The van der Waals surface area contributed by atoms with Crippen LogP contribution in [-0.4, -0.2) is 69.9 Å². The molecule has 1 saturated heterocycles. The molecule has 3 aromatic carbocycles. The Morgan fingerprint density at radius 2 is 1.63 bits per heavy atom. The number of benzene rings is 3. The van der Waals surface area contributed by atoms with Gasteiger partial charge in [0.15, 0.2) is 9.84 Å². The molecule has 0 bridgehead atoms. The fourth-order valence-electron chi connectivity index (χ4n) is 5.53. The second-order valence-electron chi connectivity index (χ2n) is 11.2. The summed E-state index contributed by atoms with van der Waals surface area (Å²) >= 11 is 0. The molecular weight excluding hydrogens is 579 g/mol. The molecule has 43 heavy (non-hydrogen) atoms. The summed E-state index contributed by atoms with van der Waals surface area (Å²) in [7, 11) is 0.641. The van der Waals surface area contributed by atoms with Crippen LogP contribution in [0.4, 0.5) is 18.9 Å². The highest BCUT2D eigenvalue weighted by molar-refractivity contribution is 7.91. The molecule has 1 amide bonds. The van der Waals surface area contributed by atoms with E-state index in [-0.39, 0.29) is 35.1 Å². The molecule has 0 radical (unpaired) electrons. The molecule has 2 N–H and O–H groups in total. The van der Waals surface area contributed by atoms with Crippen molar-refractivity contribution in [2.75, 3.05) is 44.4 Å². The minimum absolute atomic E-state index is 0.0223. The van der Waals surface area contributed by atoms with Gasteiger partial charge in [-0.15, -0.1) is 0 Å². The zero-order valence-electron chi connectivity index (χ0n) is 24.5. The molecule has 4 rings (SSSR count). The molecule has 1 aliphatic heterocycles. The number of aliphatic hydroxyl groups excluding tert-OH is 1. The number of aliphatic hydroxyl groups is 1. The SMILES string of the molecule is CCS(=O)(=O)c1ccc([C@H](CO)NC(=O)c2ccc(N3CC(c4ccc(C(F)(F)F)cc4)CC[C@H]3CN(C)C)cc2)cc1. The fourth-order valence-corrected chi connectivity index (χ4v) is 6.41. The van der Waals surface area contributed by atoms with Crippen LogP contribution >= 0.6 is 0 Å². The number of likely N-dealkylation sites (N-methyl/N-ethyl adjacent to an activating group) is 1. The molecule has 3 atom stereocenters. The molecule has 1 aliphatic rings. The first-order valence-electron chi connectivity index (χ1n) is 14.3. The number of alkyl halides is 3. The van der Waals surface area contributed by atoms with E-state index in [0.717, 1.165) is 42.8 Å². The number of rotatable bonds is 10. The highest BCUT2D eigenvalue weighted by Crippen LogP contribution is 2.36. The highest BCUT2D eigenvalue weighted by atomic mass is 32.2. The van der Waals surface area contributed by atoms with E-state index in [4.69, 9.17) is 0 Å². The minimum Gasteiger partial charge on any atom is -0.394 e. The molecular formula is C32H38F3N3O4S. The average Bonchev–Trinajstić information content (AvgIpc) is 2.99. The lowest BCUT2D eigenvalue weighted by atomic mass is 9.86. The molecule has 0 aliphatic carbocycles. The van der Waals surface area contributed by atoms with E-state index < -0.39 is 27.6 Å². The van der Waals surface area contributed by atoms with Gasteiger partial charge in [-0.3, -0.25) is 4.79 Å². The highest BCUT2D eigenvalue weighted by Gasteiger charge is 2.32. The Labute approximate surface area is 251 Å². The number of amides is 1. The summed E-state index contributed by atoms with van der Waals surface area (Å²) in [5.74, 6) is -0.347. The first-order chi connectivity index (χ1) is 20.3. The Kier molecular flexibility index (Phi) is 10.2. The maximum atomic E-state index is 13.1. The third kappa shape index (κ3) is 7.95. The van der Waals surface area contributed by atoms with Gasteiger partial charge in [-0.2, -0.15) is 13.2 Å². The van der Waals surface area contributed by atoms with Crippen molar-refractivity contribution in [3.8, 4) is 0 Å². The van der Waals surface area contributed by atoms with Gasteiger partial charge in [-0.1, -0.05) is 31.2 Å². The molecule has 0 spiro atoms. The van der Waals surface area contributed by atoms with Crippen molar-refractivity contribution < 1.29 is 31.5 Å². The van der Waals surface area contributed by atoms with Gasteiger partial charge in [0.2, 0.25) is 0 Å². The topological polar surface area (TPSA) is 89.9 Å². The number of hydrogen-bond donors (Lipinski definition) is 2. The first kappa shape index (κ1) is 32.5. The largest absolute Gasteiger partial charge is 0.416 e. The summed E-state index contributed by atoms with van der Waals surface area (Å²) in [6, 6.07) is 18.2. The van der Waals surface area contributed by atoms with Gasteiger partial charge in [-0.05, 0) is 86.6 Å². The lowest BCUT2D eigenvalue weighted by Gasteiger charge is -2.42. The van der Waals surface area contributed by atoms with Crippen molar-refractivity contribution in [3.05, 3.63) is 95.1 Å². The van der Waals surface area contributed by atoms with Crippen LogP contribution in [0.1, 0.15) is 58.8 Å². The standard InChI is InChI=1S/C32H38F3N3O4S/c1-4-43(41,42)29-17-10-23(11-18-29)30(21-39)36-31(40)24-7-14-27(15-8-24)38-19-25(9-16-28(38)20-37(2)3)22-5-12-26(13-6-22)32(33,34)35/h5-8,10-15,17-18,25,28,30,39H,4,9,16,19-21H2,1-3H3,(H,36,40)/t25?,28-,30-/m0/s1. The van der Waals surface area contributed by atoms with E-state index in [2.05, 4.69) is 15.1 Å². The Balaban J connectivity index is 1.49. The Morgan fingerprint density at radius 3 is 2.16 bits per heavy atom. The molecule has 3 aromatic rings. The number of halogens is 3. The van der Waals surface area contributed by atoms with Crippen molar-refractivity contribution in [2.24, 2.45) is 0 Å². The molecule has 0 aromatic heterocycles. The number of carbonyl (C=O) groups excluding carboxylic acids is 1. The van der Waals surface area contributed by atoms with E-state index in [1.807, 2.05) is 26.2 Å². The summed E-state index contributed by atoms with van der Waals surface area (Å²) in [6.45, 7) is 2.63. The van der Waals surface area contributed by atoms with Gasteiger partial charge in [0.1, 0.15) is 0 Å². The zero-order chi connectivity index (χ0) is 31.4. The second kappa shape index (κ2) is 13.5. The zero-order valence-corrected chi connectivity index (χ0v) is 25.3. The molecule has 232 valence electrons. The van der Waals surface area contributed by atoms with Crippen LogP contribution < -0.4 is 10.2 Å². The summed E-state index contributed by atoms with van der Waals surface area (Å²) in [6.07, 6.45) is -2.65. The molecule has 1 unspecified atom stereocenters. The number of nitrogens with zero attached hydrogens (tertiary/aromatic N) is 2. The van der Waals surface area contributed by atoms with Crippen LogP contribution in [0.15, 0.2) is 77.7 Å². The van der Waals surface area contributed by atoms with Gasteiger partial charge >= 0.3 is 6.18 Å². The summed E-state index contributed by atoms with van der Waals surface area (Å²) in [4.78, 5) is 17.6. The van der Waals surface area contributed by atoms with Crippen LogP contribution in [-0.2, 0) is 16.0 Å². The van der Waals surface area contributed by atoms with E-state index in [1.54, 1.807) is 43.3 Å². The van der Waals surface area contributed by atoms with E-state index in [1.165, 1.54) is 12.1 Å². The third-order valence-corrected chi connectivity index (χ3v) is 9.71. The molecule has 1 fully saturated rings. The lowest BCUT2D eigenvalue weighted by molar-refractivity contribution is -0.137. The Morgan fingerprint density at radius 1 is 1.00 bits per heavy atom. The predicted octanol–water partition coefficient (Wildman–Crippen LogP) is 5.28. The number of hydrogen-bond acceptors (Lipinski definition) is 6. The van der Waals surface area contributed by atoms with Crippen molar-refractivity contribution in [3.63, 3.8) is 0 Å². The molecule has 11 heteroatoms. The molecule has 7 nitrogen and oxygen atoms in total. The van der Waals surface area contributed by atoms with Gasteiger partial charge in [-0.25, -0.2) is 8.42 Å². The monoisotopic (exact) mass is 617 g/mol. The number of sulfone groups is 1. The minimum atomic E-state index is -4.37.